The van der Waals surface area contributed by atoms with E-state index in [0.717, 1.165) is 39.7 Å². The lowest BCUT2D eigenvalue weighted by Crippen LogP contribution is -2.17. The zero-order chi connectivity index (χ0) is 45.5. The highest BCUT2D eigenvalue weighted by atomic mass is 16.5. The van der Waals surface area contributed by atoms with Crippen LogP contribution in [0.2, 0.25) is 0 Å². The molecule has 2 heteroatoms. The minimum absolute atomic E-state index is 0.145. The molecule has 10 aromatic rings. The van der Waals surface area contributed by atoms with E-state index in [1.807, 2.05) is 0 Å². The van der Waals surface area contributed by atoms with Gasteiger partial charge in [0, 0.05) is 16.5 Å². The van der Waals surface area contributed by atoms with Crippen molar-refractivity contribution in [3.05, 3.63) is 221 Å². The van der Waals surface area contributed by atoms with Crippen LogP contribution in [-0.2, 0) is 10.8 Å². The topological polar surface area (TPSA) is 12.5 Å². The van der Waals surface area contributed by atoms with Crippen molar-refractivity contribution < 1.29 is 4.74 Å². The summed E-state index contributed by atoms with van der Waals surface area (Å²) in [6.07, 6.45) is 0. The van der Waals surface area contributed by atoms with Crippen LogP contribution in [0.5, 0.6) is 11.5 Å². The van der Waals surface area contributed by atoms with Gasteiger partial charge in [-0.05, 0) is 185 Å². The Kier molecular flexibility index (Phi) is 8.38. The average Bonchev–Trinajstić information content (AvgIpc) is 3.71. The lowest BCUT2D eigenvalue weighted by molar-refractivity contribution is 0.477. The number of benzene rings is 10. The summed E-state index contributed by atoms with van der Waals surface area (Å²) in [5.74, 6) is 1.68. The monoisotopic (exact) mass is 861 g/mol. The van der Waals surface area contributed by atoms with Crippen LogP contribution >= 0.6 is 0 Å². The van der Waals surface area contributed by atoms with Crippen molar-refractivity contribution >= 4 is 38.6 Å². The Bertz CT molecular complexity index is 3550. The Morgan fingerprint density at radius 3 is 1.24 bits per heavy atom. The van der Waals surface area contributed by atoms with Gasteiger partial charge >= 0.3 is 0 Å². The Balaban J connectivity index is 0.951. The van der Waals surface area contributed by atoms with E-state index in [4.69, 9.17) is 4.74 Å². The minimum Gasteiger partial charge on any atom is -0.453 e. The third kappa shape index (κ3) is 5.75. The van der Waals surface area contributed by atoms with Crippen molar-refractivity contribution in [3.8, 4) is 67.1 Å². The lowest BCUT2D eigenvalue weighted by atomic mass is 9.80. The van der Waals surface area contributed by atoms with Gasteiger partial charge in [-0.1, -0.05) is 161 Å². The lowest BCUT2D eigenvalue weighted by Gasteiger charge is -2.35. The quantitative estimate of drug-likeness (QED) is 0.175. The minimum atomic E-state index is -0.145. The number of aryl methyl sites for hydroxylation is 3. The first-order valence-electron chi connectivity index (χ1n) is 23.7. The van der Waals surface area contributed by atoms with Crippen molar-refractivity contribution in [2.45, 2.75) is 59.3 Å². The molecule has 0 saturated heterocycles. The summed E-state index contributed by atoms with van der Waals surface area (Å²) in [5.41, 5.74) is 24.8. The van der Waals surface area contributed by atoms with E-state index in [-0.39, 0.29) is 10.8 Å². The van der Waals surface area contributed by atoms with Crippen LogP contribution in [0.4, 0.5) is 17.1 Å². The van der Waals surface area contributed by atoms with Crippen molar-refractivity contribution in [2.75, 3.05) is 4.90 Å². The van der Waals surface area contributed by atoms with Gasteiger partial charge in [0.25, 0.3) is 0 Å². The van der Waals surface area contributed by atoms with Crippen LogP contribution in [-0.4, -0.2) is 0 Å². The first-order valence-corrected chi connectivity index (χ1v) is 23.7. The van der Waals surface area contributed by atoms with E-state index < -0.39 is 0 Å². The zero-order valence-corrected chi connectivity index (χ0v) is 39.2. The second-order valence-electron chi connectivity index (χ2n) is 20.3. The van der Waals surface area contributed by atoms with Crippen molar-refractivity contribution in [3.63, 3.8) is 0 Å². The number of hydrogen-bond donors (Lipinski definition) is 0. The standard InChI is InChI=1S/C65H51NO/c1-38-32-55-62(49-19-13-11-17-47(38)49)51-26-21-43(34-53(51)64(55,4)5)45-24-29-60-58(36-45)66(57-28-23-42(31-40(57)3)41-15-9-8-10-16-41)59-37-46(25-30-61(59)67-60)44-22-27-52-54(35-44)65(6,7)56-33-39(2)48-18-12-14-20-50(48)63(52)56/h8-37H,1-7H3. The van der Waals surface area contributed by atoms with Gasteiger partial charge in [-0.15, -0.1) is 0 Å². The summed E-state index contributed by atoms with van der Waals surface area (Å²) in [5, 5.41) is 5.33. The average molecular weight is 862 g/mol. The molecule has 13 rings (SSSR count). The van der Waals surface area contributed by atoms with Gasteiger partial charge < -0.3 is 9.64 Å². The molecule has 2 aliphatic carbocycles. The Morgan fingerprint density at radius 2 is 0.746 bits per heavy atom. The third-order valence-electron chi connectivity index (χ3n) is 15.6. The molecule has 0 N–H and O–H groups in total. The molecule has 3 aliphatic rings. The van der Waals surface area contributed by atoms with Crippen LogP contribution in [0, 0.1) is 20.8 Å². The van der Waals surface area contributed by atoms with Crippen LogP contribution < -0.4 is 9.64 Å². The van der Waals surface area contributed by atoms with E-state index in [1.54, 1.807) is 0 Å². The van der Waals surface area contributed by atoms with Gasteiger partial charge in [0.15, 0.2) is 11.5 Å². The summed E-state index contributed by atoms with van der Waals surface area (Å²) >= 11 is 0. The first-order chi connectivity index (χ1) is 32.5. The molecule has 0 atom stereocenters. The van der Waals surface area contributed by atoms with Gasteiger partial charge in [-0.25, -0.2) is 0 Å². The molecule has 0 radical (unpaired) electrons. The number of ether oxygens (including phenoxy) is 1. The number of anilines is 3. The number of nitrogens with zero attached hydrogens (tertiary/aromatic N) is 1. The van der Waals surface area contributed by atoms with Crippen LogP contribution in [0.15, 0.2) is 182 Å². The molecule has 10 aromatic carbocycles. The maximum atomic E-state index is 6.91. The van der Waals surface area contributed by atoms with E-state index in [1.165, 1.54) is 105 Å². The predicted molar refractivity (Wildman–Crippen MR) is 282 cm³/mol. The van der Waals surface area contributed by atoms with Gasteiger partial charge in [-0.3, -0.25) is 0 Å². The van der Waals surface area contributed by atoms with Gasteiger partial charge in [0.1, 0.15) is 0 Å². The van der Waals surface area contributed by atoms with Gasteiger partial charge in [0.05, 0.1) is 11.4 Å². The van der Waals surface area contributed by atoms with Crippen LogP contribution in [0.1, 0.15) is 66.6 Å². The highest BCUT2D eigenvalue weighted by Crippen LogP contribution is 2.57. The van der Waals surface area contributed by atoms with E-state index in [0.29, 0.717) is 0 Å². The molecule has 0 amide bonds. The molecule has 0 spiro atoms. The normalized spacial score (nSPS) is 14.5. The summed E-state index contributed by atoms with van der Waals surface area (Å²) < 4.78 is 6.91. The van der Waals surface area contributed by atoms with Crippen LogP contribution in [0.3, 0.4) is 0 Å². The maximum Gasteiger partial charge on any atom is 0.151 e. The van der Waals surface area contributed by atoms with Crippen molar-refractivity contribution in [1.29, 1.82) is 0 Å². The largest absolute Gasteiger partial charge is 0.453 e. The molecular formula is C65H51NO. The molecule has 0 unspecified atom stereocenters. The molecule has 0 fully saturated rings. The fraction of sp³-hybridized carbons (Fsp3) is 0.138. The first kappa shape index (κ1) is 39.7. The summed E-state index contributed by atoms with van der Waals surface area (Å²) in [4.78, 5) is 2.44. The molecule has 0 saturated carbocycles. The fourth-order valence-electron chi connectivity index (χ4n) is 12.0. The number of hydrogen-bond acceptors (Lipinski definition) is 2. The Hall–Kier alpha value is -7.68. The number of fused-ring (bicyclic) bond motifs is 12. The Labute approximate surface area is 393 Å². The molecule has 1 heterocycles. The van der Waals surface area contributed by atoms with E-state index in [2.05, 4.69) is 235 Å². The van der Waals surface area contributed by atoms with Gasteiger partial charge in [-0.2, -0.15) is 0 Å². The van der Waals surface area contributed by atoms with E-state index in [9.17, 15) is 0 Å². The molecule has 0 bridgehead atoms. The second kappa shape index (κ2) is 14.2. The van der Waals surface area contributed by atoms with Crippen molar-refractivity contribution in [2.24, 2.45) is 0 Å². The molecule has 322 valence electrons. The summed E-state index contributed by atoms with van der Waals surface area (Å²) in [6.45, 7) is 16.3. The molecule has 1 aliphatic heterocycles. The molecule has 0 aromatic heterocycles. The molecule has 67 heavy (non-hydrogen) atoms. The van der Waals surface area contributed by atoms with E-state index >= 15 is 0 Å². The number of rotatable bonds is 4. The second-order valence-corrected chi connectivity index (χ2v) is 20.3. The fourth-order valence-corrected chi connectivity index (χ4v) is 12.0. The van der Waals surface area contributed by atoms with Gasteiger partial charge in [0.2, 0.25) is 0 Å². The summed E-state index contributed by atoms with van der Waals surface area (Å²) in [6, 6.07) is 67.9. The zero-order valence-electron chi connectivity index (χ0n) is 39.2. The highest BCUT2D eigenvalue weighted by Gasteiger charge is 2.39. The predicted octanol–water partition coefficient (Wildman–Crippen LogP) is 18.1. The van der Waals surface area contributed by atoms with Crippen molar-refractivity contribution in [1.82, 2.24) is 0 Å². The SMILES string of the molecule is Cc1cc(-c2ccccc2)ccc1N1c2cc(-c3ccc4c(c3)C(C)(C)c3cc(C)c5ccccc5c3-4)ccc2Oc2ccc(-c3ccc4c(c3)C(C)(C)c3cc(C)c5ccccc5c3-4)cc21. The Morgan fingerprint density at radius 1 is 0.328 bits per heavy atom. The van der Waals surface area contributed by atoms with Crippen LogP contribution in [0.25, 0.3) is 77.2 Å². The smallest absolute Gasteiger partial charge is 0.151 e. The molecule has 2 nitrogen and oxygen atoms in total. The highest BCUT2D eigenvalue weighted by molar-refractivity contribution is 6.06. The molecular weight excluding hydrogens is 811 g/mol. The third-order valence-corrected chi connectivity index (χ3v) is 15.6. The summed E-state index contributed by atoms with van der Waals surface area (Å²) in [7, 11) is 0. The maximum absolute atomic E-state index is 6.91.